The van der Waals surface area contributed by atoms with Crippen molar-refractivity contribution in [3.05, 3.63) is 71.5 Å². The second kappa shape index (κ2) is 6.81. The fraction of sp³-hybridized carbons (Fsp3) is 0.143. The maximum absolute atomic E-state index is 12.7. The molecular formula is C21H18ClN3O. The zero-order chi connectivity index (χ0) is 18.1. The molecule has 130 valence electrons. The van der Waals surface area contributed by atoms with E-state index in [0.717, 1.165) is 34.8 Å². The summed E-state index contributed by atoms with van der Waals surface area (Å²) in [6, 6.07) is 17.3. The Bertz CT molecular complexity index is 1120. The van der Waals surface area contributed by atoms with Gasteiger partial charge < -0.3 is 9.88 Å². The van der Waals surface area contributed by atoms with Crippen LogP contribution in [0.4, 0.5) is 5.69 Å². The number of rotatable bonds is 4. The van der Waals surface area contributed by atoms with Gasteiger partial charge in [0.1, 0.15) is 0 Å². The van der Waals surface area contributed by atoms with Crippen molar-refractivity contribution in [2.24, 2.45) is 0 Å². The van der Waals surface area contributed by atoms with Crippen LogP contribution in [-0.4, -0.2) is 15.5 Å². The number of hydrogen-bond donors (Lipinski definition) is 1. The molecule has 26 heavy (non-hydrogen) atoms. The molecule has 5 heteroatoms. The monoisotopic (exact) mass is 363 g/mol. The number of pyridine rings is 1. The Hall–Kier alpha value is -2.85. The van der Waals surface area contributed by atoms with Gasteiger partial charge in [-0.15, -0.1) is 0 Å². The predicted octanol–water partition coefficient (Wildman–Crippen LogP) is 5.51. The summed E-state index contributed by atoms with van der Waals surface area (Å²) in [6.07, 6.45) is 3.12. The molecule has 0 unspecified atom stereocenters. The summed E-state index contributed by atoms with van der Waals surface area (Å²) < 4.78 is 2.20. The highest BCUT2D eigenvalue weighted by Crippen LogP contribution is 2.26. The summed E-state index contributed by atoms with van der Waals surface area (Å²) in [5.74, 6) is -0.200. The molecule has 0 radical (unpaired) electrons. The molecule has 0 aliphatic rings. The van der Waals surface area contributed by atoms with E-state index in [-0.39, 0.29) is 11.1 Å². The Morgan fingerprint density at radius 3 is 2.81 bits per heavy atom. The zero-order valence-electron chi connectivity index (χ0n) is 14.4. The highest BCUT2D eigenvalue weighted by molar-refractivity contribution is 6.33. The van der Waals surface area contributed by atoms with Crippen LogP contribution in [0.3, 0.4) is 0 Å². The third-order valence-electron chi connectivity index (χ3n) is 4.42. The minimum Gasteiger partial charge on any atom is -0.347 e. The van der Waals surface area contributed by atoms with Crippen molar-refractivity contribution in [1.82, 2.24) is 9.55 Å². The van der Waals surface area contributed by atoms with Crippen molar-refractivity contribution in [3.8, 4) is 0 Å². The quantitative estimate of drug-likeness (QED) is 0.486. The van der Waals surface area contributed by atoms with Gasteiger partial charge in [0, 0.05) is 34.6 Å². The van der Waals surface area contributed by atoms with Crippen LogP contribution in [0.15, 0.2) is 60.8 Å². The summed E-state index contributed by atoms with van der Waals surface area (Å²) in [6.45, 7) is 3.11. The first kappa shape index (κ1) is 16.6. The molecule has 2 aromatic carbocycles. The number of nitrogens with zero attached hydrogens (tertiary/aromatic N) is 2. The van der Waals surface area contributed by atoms with Gasteiger partial charge in [-0.1, -0.05) is 36.7 Å². The van der Waals surface area contributed by atoms with Crippen molar-refractivity contribution in [1.29, 1.82) is 0 Å². The fourth-order valence-corrected chi connectivity index (χ4v) is 3.34. The first-order chi connectivity index (χ1) is 12.7. The van der Waals surface area contributed by atoms with E-state index < -0.39 is 0 Å². The van der Waals surface area contributed by atoms with Crippen molar-refractivity contribution in [2.45, 2.75) is 19.9 Å². The van der Waals surface area contributed by atoms with Gasteiger partial charge >= 0.3 is 0 Å². The highest BCUT2D eigenvalue weighted by Gasteiger charge is 2.12. The van der Waals surface area contributed by atoms with Crippen LogP contribution < -0.4 is 5.32 Å². The second-order valence-electron chi connectivity index (χ2n) is 6.26. The Kier molecular flexibility index (Phi) is 4.35. The first-order valence-electron chi connectivity index (χ1n) is 8.61. The summed E-state index contributed by atoms with van der Waals surface area (Å²) in [5, 5.41) is 5.14. The number of carbonyl (C=O) groups excluding carboxylic acids is 1. The lowest BCUT2D eigenvalue weighted by molar-refractivity contribution is 0.102. The molecular weight excluding hydrogens is 346 g/mol. The Morgan fingerprint density at radius 1 is 1.12 bits per heavy atom. The van der Waals surface area contributed by atoms with Crippen LogP contribution in [0.5, 0.6) is 0 Å². The number of amides is 1. The van der Waals surface area contributed by atoms with Crippen LogP contribution in [-0.2, 0) is 6.54 Å². The summed E-state index contributed by atoms with van der Waals surface area (Å²) in [5.41, 5.74) is 3.04. The normalized spacial score (nSPS) is 11.2. The summed E-state index contributed by atoms with van der Waals surface area (Å²) >= 11 is 6.24. The number of hydrogen-bond acceptors (Lipinski definition) is 2. The van der Waals surface area contributed by atoms with Crippen LogP contribution >= 0.6 is 11.6 Å². The number of nitrogens with one attached hydrogen (secondary N) is 1. The van der Waals surface area contributed by atoms with Gasteiger partial charge in [-0.3, -0.25) is 4.79 Å². The van der Waals surface area contributed by atoms with Crippen molar-refractivity contribution < 1.29 is 4.79 Å². The number of aromatic nitrogens is 2. The molecule has 0 atom stereocenters. The van der Waals surface area contributed by atoms with Gasteiger partial charge in [0.2, 0.25) is 0 Å². The minimum absolute atomic E-state index is 0.200. The first-order valence-corrected chi connectivity index (χ1v) is 8.99. The summed E-state index contributed by atoms with van der Waals surface area (Å²) in [4.78, 5) is 17.0. The van der Waals surface area contributed by atoms with Crippen molar-refractivity contribution in [2.75, 3.05) is 5.32 Å². The molecule has 0 fully saturated rings. The van der Waals surface area contributed by atoms with E-state index in [1.165, 1.54) is 0 Å². The van der Waals surface area contributed by atoms with E-state index in [1.54, 1.807) is 0 Å². The molecule has 0 aliphatic carbocycles. The number of para-hydroxylation sites is 1. The largest absolute Gasteiger partial charge is 0.347 e. The number of aryl methyl sites for hydroxylation is 1. The molecule has 4 rings (SSSR count). The molecule has 0 bridgehead atoms. The van der Waals surface area contributed by atoms with Gasteiger partial charge in [-0.25, -0.2) is 4.98 Å². The molecule has 2 aromatic heterocycles. The molecule has 1 amide bonds. The maximum atomic E-state index is 12.7. The van der Waals surface area contributed by atoms with Gasteiger partial charge in [0.25, 0.3) is 5.91 Å². The van der Waals surface area contributed by atoms with Gasteiger partial charge in [0.05, 0.1) is 11.2 Å². The molecule has 1 N–H and O–H groups in total. The van der Waals surface area contributed by atoms with E-state index in [0.29, 0.717) is 11.3 Å². The number of fused-ring (bicyclic) bond motifs is 2. The van der Waals surface area contributed by atoms with Crippen LogP contribution in [0.1, 0.15) is 23.7 Å². The molecule has 2 heterocycles. The average molecular weight is 364 g/mol. The van der Waals surface area contributed by atoms with Gasteiger partial charge in [-0.2, -0.15) is 0 Å². The van der Waals surface area contributed by atoms with Crippen LogP contribution in [0.25, 0.3) is 21.8 Å². The highest BCUT2D eigenvalue weighted by atomic mass is 35.5. The molecule has 4 aromatic rings. The predicted molar refractivity (Wildman–Crippen MR) is 107 cm³/mol. The lowest BCUT2D eigenvalue weighted by atomic mass is 10.1. The Balaban J connectivity index is 1.64. The molecule has 0 aliphatic heterocycles. The van der Waals surface area contributed by atoms with E-state index in [1.807, 2.05) is 54.6 Å². The lowest BCUT2D eigenvalue weighted by Gasteiger charge is -2.09. The Morgan fingerprint density at radius 2 is 1.96 bits per heavy atom. The lowest BCUT2D eigenvalue weighted by Crippen LogP contribution is -2.12. The zero-order valence-corrected chi connectivity index (χ0v) is 15.1. The number of benzene rings is 2. The van der Waals surface area contributed by atoms with Gasteiger partial charge in [0.15, 0.2) is 5.15 Å². The summed E-state index contributed by atoms with van der Waals surface area (Å²) in [7, 11) is 0. The topological polar surface area (TPSA) is 46.9 Å². The van der Waals surface area contributed by atoms with Crippen LogP contribution in [0, 0.1) is 0 Å². The molecule has 0 saturated heterocycles. The number of halogens is 1. The van der Waals surface area contributed by atoms with E-state index in [2.05, 4.69) is 28.0 Å². The smallest absolute Gasteiger partial charge is 0.255 e. The standard InChI is InChI=1S/C21H18ClN3O/c1-2-10-25-11-9-15-12-16(7-8-19(15)25)21(26)24-18-13-14-5-3-4-6-17(14)23-20(18)22/h3-9,11-13H,2,10H2,1H3,(H,24,26). The maximum Gasteiger partial charge on any atom is 0.255 e. The number of carbonyl (C=O) groups is 1. The molecule has 0 saturated carbocycles. The second-order valence-corrected chi connectivity index (χ2v) is 6.61. The van der Waals surface area contributed by atoms with Gasteiger partial charge in [-0.05, 0) is 42.8 Å². The third kappa shape index (κ3) is 3.04. The Labute approximate surface area is 156 Å². The fourth-order valence-electron chi connectivity index (χ4n) is 3.15. The van der Waals surface area contributed by atoms with Crippen molar-refractivity contribution >= 4 is 45.0 Å². The van der Waals surface area contributed by atoms with Crippen molar-refractivity contribution in [3.63, 3.8) is 0 Å². The van der Waals surface area contributed by atoms with E-state index >= 15 is 0 Å². The average Bonchev–Trinajstić information content (AvgIpc) is 3.05. The third-order valence-corrected chi connectivity index (χ3v) is 4.71. The minimum atomic E-state index is -0.200. The molecule has 0 spiro atoms. The van der Waals surface area contributed by atoms with E-state index in [4.69, 9.17) is 11.6 Å². The number of anilines is 1. The van der Waals surface area contributed by atoms with Crippen LogP contribution in [0.2, 0.25) is 5.15 Å². The SMILES string of the molecule is CCCn1ccc2cc(C(=O)Nc3cc4ccccc4nc3Cl)ccc21. The molecule has 4 nitrogen and oxygen atoms in total. The van der Waals surface area contributed by atoms with E-state index in [9.17, 15) is 4.79 Å².